The smallest absolute Gasteiger partial charge is 0.327 e. The first-order valence-corrected chi connectivity index (χ1v) is 11.0. The lowest BCUT2D eigenvalue weighted by Crippen LogP contribution is -2.71. The van der Waals surface area contributed by atoms with E-state index < -0.39 is 40.0 Å². The molecule has 0 radical (unpaired) electrons. The predicted octanol–water partition coefficient (Wildman–Crippen LogP) is 1.14. The molecular weight excluding hydrogens is 442 g/mol. The molecule has 3 atom stereocenters. The van der Waals surface area contributed by atoms with Gasteiger partial charge in [-0.1, -0.05) is 23.4 Å². The Hall–Kier alpha value is -3.12. The molecule has 2 saturated heterocycles. The second kappa shape index (κ2) is 7.85. The highest BCUT2D eigenvalue weighted by atomic mass is 32.2. The van der Waals surface area contributed by atoms with Gasteiger partial charge in [-0.2, -0.15) is 0 Å². The Morgan fingerprint density at radius 2 is 2.03 bits per heavy atom. The summed E-state index contributed by atoms with van der Waals surface area (Å²) in [6, 6.07) is 6.83. The van der Waals surface area contributed by atoms with Crippen LogP contribution in [0.25, 0.3) is 0 Å². The number of nitrogens with one attached hydrogen (secondary N) is 1. The molecule has 3 heterocycles. The SMILES string of the molecule is CC1(C)S[C@@H]2[C@@H](NC(=O)/C(=N\Oc3ccccc3)c3csc(N)n3)C(=O)N2[C@H]1C(=O)O. The lowest BCUT2D eigenvalue weighted by atomic mass is 9.96. The summed E-state index contributed by atoms with van der Waals surface area (Å²) in [4.78, 5) is 48.0. The maximum absolute atomic E-state index is 13.0. The number of nitrogens with zero attached hydrogens (tertiary/aromatic N) is 3. The number of hydrogen-bond donors (Lipinski definition) is 3. The summed E-state index contributed by atoms with van der Waals surface area (Å²) in [5, 5.41) is 17.4. The van der Waals surface area contributed by atoms with Crippen molar-refractivity contribution in [3.8, 4) is 5.75 Å². The Bertz CT molecular complexity index is 1070. The summed E-state index contributed by atoms with van der Waals surface area (Å²) in [5.41, 5.74) is 5.76. The number of aromatic nitrogens is 1. The third-order valence-corrected chi connectivity index (χ3v) is 7.17. The van der Waals surface area contributed by atoms with Crippen molar-refractivity contribution in [2.75, 3.05) is 5.73 Å². The van der Waals surface area contributed by atoms with Crippen LogP contribution in [0.3, 0.4) is 0 Å². The van der Waals surface area contributed by atoms with Crippen LogP contribution in [0.1, 0.15) is 19.5 Å². The first kappa shape index (κ1) is 21.1. The molecule has 2 aromatic rings. The van der Waals surface area contributed by atoms with Crippen molar-refractivity contribution in [2.45, 2.75) is 36.1 Å². The van der Waals surface area contributed by atoms with Crippen molar-refractivity contribution < 1.29 is 24.3 Å². The van der Waals surface area contributed by atoms with E-state index in [1.54, 1.807) is 43.5 Å². The Morgan fingerprint density at radius 3 is 2.65 bits per heavy atom. The van der Waals surface area contributed by atoms with E-state index in [1.165, 1.54) is 16.7 Å². The molecule has 1 aromatic carbocycles. The van der Waals surface area contributed by atoms with E-state index in [1.807, 2.05) is 6.07 Å². The Balaban J connectivity index is 1.55. The lowest BCUT2D eigenvalue weighted by molar-refractivity contribution is -0.160. The number of rotatable bonds is 6. The number of amides is 2. The molecule has 0 unspecified atom stereocenters. The molecule has 0 bridgehead atoms. The van der Waals surface area contributed by atoms with Gasteiger partial charge in [-0.25, -0.2) is 9.78 Å². The number of nitrogen functional groups attached to an aromatic ring is 1. The van der Waals surface area contributed by atoms with E-state index in [9.17, 15) is 19.5 Å². The number of aliphatic carboxylic acids is 1. The fraction of sp³-hybridized carbons (Fsp3) is 0.316. The van der Waals surface area contributed by atoms with E-state index in [-0.39, 0.29) is 16.5 Å². The van der Waals surface area contributed by atoms with Gasteiger partial charge in [0.05, 0.1) is 0 Å². The van der Waals surface area contributed by atoms with Crippen LogP contribution in [0.15, 0.2) is 40.9 Å². The van der Waals surface area contributed by atoms with Gasteiger partial charge in [0.2, 0.25) is 5.91 Å². The van der Waals surface area contributed by atoms with Gasteiger partial charge in [0, 0.05) is 10.1 Å². The number of carboxylic acids is 1. The minimum absolute atomic E-state index is 0.139. The summed E-state index contributed by atoms with van der Waals surface area (Å²) in [5.74, 6) is -1.78. The van der Waals surface area contributed by atoms with Crippen LogP contribution in [0.2, 0.25) is 0 Å². The first-order chi connectivity index (χ1) is 14.7. The number of thioether (sulfide) groups is 1. The zero-order chi connectivity index (χ0) is 22.3. The summed E-state index contributed by atoms with van der Waals surface area (Å²) in [6.07, 6.45) is 0. The van der Waals surface area contributed by atoms with Crippen LogP contribution in [-0.4, -0.2) is 60.7 Å². The second-order valence-electron chi connectivity index (χ2n) is 7.46. The van der Waals surface area contributed by atoms with E-state index in [0.29, 0.717) is 5.75 Å². The van der Waals surface area contributed by atoms with Crippen molar-refractivity contribution in [3.63, 3.8) is 0 Å². The largest absolute Gasteiger partial charge is 0.480 e. The fourth-order valence-electron chi connectivity index (χ4n) is 3.54. The molecule has 12 heteroatoms. The standard InChI is InChI=1S/C19H19N5O5S2/c1-19(2)13(17(27)28)24-15(26)12(16(24)31-19)22-14(25)11(10-8-30-18(20)21-10)23-29-9-6-4-3-5-7-9/h3-8,12-13,16H,1-2H3,(H2,20,21)(H,22,25)(H,27,28)/b23-11-/t12-,13-,16+/m0/s1. The number of β-lactam (4-membered cyclic amide) rings is 1. The molecule has 2 aliphatic heterocycles. The summed E-state index contributed by atoms with van der Waals surface area (Å²) >= 11 is 2.47. The minimum Gasteiger partial charge on any atom is -0.480 e. The monoisotopic (exact) mass is 461 g/mol. The van der Waals surface area contributed by atoms with Gasteiger partial charge in [0.25, 0.3) is 5.91 Å². The maximum atomic E-state index is 13.0. The van der Waals surface area contributed by atoms with E-state index in [0.717, 1.165) is 11.3 Å². The highest BCUT2D eigenvalue weighted by Gasteiger charge is 2.64. The number of carbonyl (C=O) groups excluding carboxylic acids is 2. The van der Waals surface area contributed by atoms with Crippen molar-refractivity contribution >= 4 is 51.7 Å². The van der Waals surface area contributed by atoms with E-state index in [4.69, 9.17) is 10.6 Å². The molecule has 0 spiro atoms. The van der Waals surface area contributed by atoms with Gasteiger partial charge in [0.15, 0.2) is 16.6 Å². The molecule has 162 valence electrons. The predicted molar refractivity (Wildman–Crippen MR) is 116 cm³/mol. The number of benzene rings is 1. The van der Waals surface area contributed by atoms with Crippen LogP contribution in [0.5, 0.6) is 5.75 Å². The zero-order valence-corrected chi connectivity index (χ0v) is 18.1. The highest BCUT2D eigenvalue weighted by Crippen LogP contribution is 2.50. The average molecular weight is 462 g/mol. The summed E-state index contributed by atoms with van der Waals surface area (Å²) in [6.45, 7) is 3.53. The number of anilines is 1. The molecule has 1 aromatic heterocycles. The normalized spacial score (nSPS) is 24.3. The lowest BCUT2D eigenvalue weighted by Gasteiger charge is -2.43. The van der Waals surface area contributed by atoms with Crippen LogP contribution >= 0.6 is 23.1 Å². The number of para-hydroxylation sites is 1. The molecule has 10 nitrogen and oxygen atoms in total. The quantitative estimate of drug-likeness (QED) is 0.330. The van der Waals surface area contributed by atoms with Crippen molar-refractivity contribution in [1.29, 1.82) is 0 Å². The van der Waals surface area contributed by atoms with Crippen LogP contribution in [0, 0.1) is 0 Å². The second-order valence-corrected chi connectivity index (χ2v) is 10.1. The van der Waals surface area contributed by atoms with Crippen LogP contribution in [0.4, 0.5) is 5.13 Å². The number of hydrogen-bond acceptors (Lipinski definition) is 9. The number of thiazole rings is 1. The topological polar surface area (TPSA) is 147 Å². The molecule has 4 N–H and O–H groups in total. The Kier molecular flexibility index (Phi) is 5.35. The van der Waals surface area contributed by atoms with Crippen molar-refractivity contribution in [2.24, 2.45) is 5.16 Å². The van der Waals surface area contributed by atoms with Crippen LogP contribution < -0.4 is 15.9 Å². The van der Waals surface area contributed by atoms with Gasteiger partial charge in [-0.15, -0.1) is 23.1 Å². The third-order valence-electron chi connectivity index (χ3n) is 4.93. The number of nitrogens with two attached hydrogens (primary N) is 1. The van der Waals surface area contributed by atoms with Crippen molar-refractivity contribution in [3.05, 3.63) is 41.4 Å². The third kappa shape index (κ3) is 3.83. The fourth-order valence-corrected chi connectivity index (χ4v) is 5.71. The van der Waals surface area contributed by atoms with Gasteiger partial charge in [-0.05, 0) is 26.0 Å². The molecule has 0 saturated carbocycles. The molecule has 2 fully saturated rings. The van der Waals surface area contributed by atoms with Gasteiger partial charge in [0.1, 0.15) is 23.2 Å². The van der Waals surface area contributed by atoms with E-state index in [2.05, 4.69) is 15.5 Å². The van der Waals surface area contributed by atoms with Crippen molar-refractivity contribution in [1.82, 2.24) is 15.2 Å². The first-order valence-electron chi connectivity index (χ1n) is 9.24. The molecule has 0 aliphatic carbocycles. The van der Waals surface area contributed by atoms with Crippen LogP contribution in [-0.2, 0) is 14.4 Å². The Morgan fingerprint density at radius 1 is 1.32 bits per heavy atom. The van der Waals surface area contributed by atoms with Gasteiger partial charge >= 0.3 is 5.97 Å². The molecule has 2 aliphatic rings. The van der Waals surface area contributed by atoms with Gasteiger partial charge < -0.3 is 25.9 Å². The maximum Gasteiger partial charge on any atom is 0.327 e. The zero-order valence-electron chi connectivity index (χ0n) is 16.5. The number of carboxylic acid groups (broad SMARTS) is 1. The molecule has 4 rings (SSSR count). The number of oxime groups is 1. The Labute approximate surface area is 185 Å². The number of carbonyl (C=O) groups is 3. The number of fused-ring (bicyclic) bond motifs is 1. The minimum atomic E-state index is -1.07. The molecular formula is C19H19N5O5S2. The summed E-state index contributed by atoms with van der Waals surface area (Å²) < 4.78 is -0.692. The molecule has 31 heavy (non-hydrogen) atoms. The average Bonchev–Trinajstić information content (AvgIpc) is 3.25. The van der Waals surface area contributed by atoms with Gasteiger partial charge in [-0.3, -0.25) is 9.59 Å². The van der Waals surface area contributed by atoms with E-state index >= 15 is 0 Å². The molecule has 2 amide bonds. The highest BCUT2D eigenvalue weighted by molar-refractivity contribution is 8.01. The summed E-state index contributed by atoms with van der Waals surface area (Å²) in [7, 11) is 0.